The zero-order valence-electron chi connectivity index (χ0n) is 11.7. The van der Waals surface area contributed by atoms with Gasteiger partial charge >= 0.3 is 0 Å². The summed E-state index contributed by atoms with van der Waals surface area (Å²) in [5.74, 6) is 0.233. The third kappa shape index (κ3) is 4.68. The molecule has 2 rings (SSSR count). The quantitative estimate of drug-likeness (QED) is 0.640. The summed E-state index contributed by atoms with van der Waals surface area (Å²) in [7, 11) is 0. The van der Waals surface area contributed by atoms with Gasteiger partial charge in [-0.1, -0.05) is 22.0 Å². The monoisotopic (exact) mass is 366 g/mol. The average Bonchev–Trinajstić information content (AvgIpc) is 2.93. The number of ether oxygens (including phenoxy) is 1. The van der Waals surface area contributed by atoms with Crippen LogP contribution in [0.1, 0.15) is 29.1 Å². The van der Waals surface area contributed by atoms with E-state index in [0.29, 0.717) is 11.3 Å². The number of hydrogen-bond acceptors (Lipinski definition) is 4. The van der Waals surface area contributed by atoms with Crippen LogP contribution in [-0.4, -0.2) is 18.2 Å². The predicted molar refractivity (Wildman–Crippen MR) is 89.3 cm³/mol. The lowest BCUT2D eigenvalue weighted by Crippen LogP contribution is -2.19. The maximum atomic E-state index is 12.2. The van der Waals surface area contributed by atoms with Gasteiger partial charge in [-0.25, -0.2) is 5.43 Å². The largest absolute Gasteiger partial charge is 0.490 e. The number of amides is 1. The Morgan fingerprint density at radius 3 is 2.90 bits per heavy atom. The molecule has 1 aromatic heterocycles. The van der Waals surface area contributed by atoms with E-state index in [1.807, 2.05) is 37.4 Å². The number of hydrogen-bond donors (Lipinski definition) is 1. The molecule has 0 aliphatic heterocycles. The number of carbonyl (C=O) groups excluding carboxylic acids is 1. The van der Waals surface area contributed by atoms with Crippen molar-refractivity contribution in [3.05, 3.63) is 50.6 Å². The minimum absolute atomic E-state index is 0.00709. The highest BCUT2D eigenvalue weighted by molar-refractivity contribution is 9.10. The fourth-order valence-corrected chi connectivity index (χ4v) is 2.56. The van der Waals surface area contributed by atoms with Crippen LogP contribution in [-0.2, 0) is 0 Å². The first-order chi connectivity index (χ1) is 10.1. The molecule has 1 heterocycles. The molecule has 2 aromatic rings. The third-order valence-electron chi connectivity index (χ3n) is 2.45. The molecule has 0 radical (unpaired) electrons. The summed E-state index contributed by atoms with van der Waals surface area (Å²) in [5.41, 5.74) is 2.96. The van der Waals surface area contributed by atoms with Gasteiger partial charge in [-0.3, -0.25) is 4.79 Å². The molecule has 0 bridgehead atoms. The number of carbonyl (C=O) groups is 1. The van der Waals surface area contributed by atoms with Gasteiger partial charge in [-0.05, 0) is 43.5 Å². The van der Waals surface area contributed by atoms with Crippen LogP contribution in [0.15, 0.2) is 45.3 Å². The van der Waals surface area contributed by atoms with Crippen molar-refractivity contribution in [2.75, 3.05) is 0 Å². The Balaban J connectivity index is 2.12. The van der Waals surface area contributed by atoms with Crippen LogP contribution in [0.2, 0.25) is 0 Å². The van der Waals surface area contributed by atoms with Crippen molar-refractivity contribution in [3.8, 4) is 5.75 Å². The van der Waals surface area contributed by atoms with Crippen LogP contribution in [0.3, 0.4) is 0 Å². The second-order valence-corrected chi connectivity index (χ2v) is 6.42. The van der Waals surface area contributed by atoms with Crippen molar-refractivity contribution in [3.63, 3.8) is 0 Å². The molecule has 1 N–H and O–H groups in total. The van der Waals surface area contributed by atoms with E-state index in [2.05, 4.69) is 26.5 Å². The van der Waals surface area contributed by atoms with Crippen molar-refractivity contribution in [2.24, 2.45) is 5.10 Å². The second-order valence-electron chi connectivity index (χ2n) is 4.52. The summed E-state index contributed by atoms with van der Waals surface area (Å²) in [4.78, 5) is 13.2. The number of nitrogens with one attached hydrogen (secondary N) is 1. The number of hydrazone groups is 1. The highest BCUT2D eigenvalue weighted by atomic mass is 79.9. The van der Waals surface area contributed by atoms with Crippen molar-refractivity contribution in [1.82, 2.24) is 5.43 Å². The molecule has 1 aromatic carbocycles. The number of benzene rings is 1. The maximum absolute atomic E-state index is 12.2. The van der Waals surface area contributed by atoms with E-state index in [9.17, 15) is 4.79 Å². The van der Waals surface area contributed by atoms with Crippen molar-refractivity contribution >= 4 is 39.4 Å². The van der Waals surface area contributed by atoms with Gasteiger partial charge in [0.05, 0.1) is 17.9 Å². The smallest absolute Gasteiger partial charge is 0.275 e. The summed E-state index contributed by atoms with van der Waals surface area (Å²) >= 11 is 4.91. The lowest BCUT2D eigenvalue weighted by Gasteiger charge is -2.13. The van der Waals surface area contributed by atoms with Crippen LogP contribution in [0.25, 0.3) is 0 Å². The topological polar surface area (TPSA) is 50.7 Å². The first-order valence-electron chi connectivity index (χ1n) is 6.39. The third-order valence-corrected chi connectivity index (χ3v) is 3.75. The van der Waals surface area contributed by atoms with E-state index in [1.165, 1.54) is 0 Å². The Bertz CT molecular complexity index is 639. The Labute approximate surface area is 136 Å². The predicted octanol–water partition coefficient (Wildman–Crippen LogP) is 4.06. The zero-order chi connectivity index (χ0) is 15.2. The summed E-state index contributed by atoms with van der Waals surface area (Å²) < 4.78 is 6.45. The minimum atomic E-state index is -0.306. The standard InChI is InChI=1S/C15H15BrN2O2S/c1-10(2)20-14-6-5-11(16)8-13(14)15(19)18-17-9-12-4-3-7-21-12/h3-10H,1-2H3,(H,18,19). The molecule has 6 heteroatoms. The van der Waals surface area contributed by atoms with Crippen LogP contribution in [0, 0.1) is 0 Å². The number of nitrogens with zero attached hydrogens (tertiary/aromatic N) is 1. The van der Waals surface area contributed by atoms with Gasteiger partial charge in [-0.15, -0.1) is 11.3 Å². The molecule has 0 atom stereocenters. The van der Waals surface area contributed by atoms with Gasteiger partial charge in [0.25, 0.3) is 5.91 Å². The Morgan fingerprint density at radius 2 is 2.24 bits per heavy atom. The summed E-state index contributed by atoms with van der Waals surface area (Å²) in [6, 6.07) is 9.17. The minimum Gasteiger partial charge on any atom is -0.490 e. The molecule has 0 saturated heterocycles. The number of thiophene rings is 1. The number of halogens is 1. The fourth-order valence-electron chi connectivity index (χ4n) is 1.62. The zero-order valence-corrected chi connectivity index (χ0v) is 14.1. The Kier molecular flexibility index (Phi) is 5.52. The molecule has 110 valence electrons. The molecular formula is C15H15BrN2O2S. The van der Waals surface area contributed by atoms with Crippen molar-refractivity contribution in [1.29, 1.82) is 0 Å². The van der Waals surface area contributed by atoms with Crippen molar-refractivity contribution < 1.29 is 9.53 Å². The van der Waals surface area contributed by atoms with E-state index in [4.69, 9.17) is 4.74 Å². The van der Waals surface area contributed by atoms with Gasteiger partial charge in [0.1, 0.15) is 5.75 Å². The fraction of sp³-hybridized carbons (Fsp3) is 0.200. The van der Waals surface area contributed by atoms with Crippen LogP contribution < -0.4 is 10.2 Å². The molecule has 0 aliphatic carbocycles. The van der Waals surface area contributed by atoms with E-state index >= 15 is 0 Å². The van der Waals surface area contributed by atoms with E-state index in [-0.39, 0.29) is 12.0 Å². The normalized spacial score (nSPS) is 11.0. The van der Waals surface area contributed by atoms with E-state index < -0.39 is 0 Å². The molecular weight excluding hydrogens is 352 g/mol. The van der Waals surface area contributed by atoms with Gasteiger partial charge < -0.3 is 4.74 Å². The molecule has 21 heavy (non-hydrogen) atoms. The maximum Gasteiger partial charge on any atom is 0.275 e. The van der Waals surface area contributed by atoms with Gasteiger partial charge in [-0.2, -0.15) is 5.10 Å². The van der Waals surface area contributed by atoms with Crippen molar-refractivity contribution in [2.45, 2.75) is 20.0 Å². The summed E-state index contributed by atoms with van der Waals surface area (Å²) in [6.07, 6.45) is 1.61. The Hall–Kier alpha value is -1.66. The molecule has 1 amide bonds. The van der Waals surface area contributed by atoms with E-state index in [1.54, 1.807) is 29.7 Å². The molecule has 0 fully saturated rings. The summed E-state index contributed by atoms with van der Waals surface area (Å²) in [5, 5.41) is 5.91. The SMILES string of the molecule is CC(C)Oc1ccc(Br)cc1C(=O)NN=Cc1cccs1. The van der Waals surface area contributed by atoms with Crippen LogP contribution >= 0.6 is 27.3 Å². The molecule has 0 unspecified atom stereocenters. The van der Waals surface area contributed by atoms with Crippen LogP contribution in [0.4, 0.5) is 0 Å². The second kappa shape index (κ2) is 7.38. The lowest BCUT2D eigenvalue weighted by atomic mass is 10.2. The highest BCUT2D eigenvalue weighted by Gasteiger charge is 2.13. The summed E-state index contributed by atoms with van der Waals surface area (Å²) in [6.45, 7) is 3.83. The molecule has 0 spiro atoms. The molecule has 0 aliphatic rings. The Morgan fingerprint density at radius 1 is 1.43 bits per heavy atom. The first kappa shape index (κ1) is 15.7. The molecule has 0 saturated carbocycles. The van der Waals surface area contributed by atoms with Crippen LogP contribution in [0.5, 0.6) is 5.75 Å². The van der Waals surface area contributed by atoms with E-state index in [0.717, 1.165) is 9.35 Å². The van der Waals surface area contributed by atoms with Gasteiger partial charge in [0, 0.05) is 9.35 Å². The number of rotatable bonds is 5. The molecule has 4 nitrogen and oxygen atoms in total. The van der Waals surface area contributed by atoms with Gasteiger partial charge in [0.15, 0.2) is 0 Å². The van der Waals surface area contributed by atoms with Gasteiger partial charge in [0.2, 0.25) is 0 Å². The first-order valence-corrected chi connectivity index (χ1v) is 8.06. The highest BCUT2D eigenvalue weighted by Crippen LogP contribution is 2.24. The average molecular weight is 367 g/mol. The lowest BCUT2D eigenvalue weighted by molar-refractivity contribution is 0.0949.